The number of methoxy groups -OCH3 is 1. The van der Waals surface area contributed by atoms with Gasteiger partial charge in [-0.05, 0) is 47.5 Å². The summed E-state index contributed by atoms with van der Waals surface area (Å²) in [5.74, 6) is -4.76. The summed E-state index contributed by atoms with van der Waals surface area (Å²) in [4.78, 5) is 55.2. The molecular weight excluding hydrogens is 477 g/mol. The highest BCUT2D eigenvalue weighted by atomic mass is 19.1. The van der Waals surface area contributed by atoms with Crippen LogP contribution in [0, 0.1) is 17.7 Å². The minimum atomic E-state index is -1.10. The Morgan fingerprint density at radius 3 is 2.32 bits per heavy atom. The van der Waals surface area contributed by atoms with Gasteiger partial charge in [0.1, 0.15) is 11.9 Å². The molecule has 37 heavy (non-hydrogen) atoms. The zero-order valence-electron chi connectivity index (χ0n) is 19.6. The summed E-state index contributed by atoms with van der Waals surface area (Å²) in [5.41, 5.74) is 1.92. The highest BCUT2D eigenvalue weighted by Gasteiger charge is 2.65. The maximum absolute atomic E-state index is 14.0. The molecular formula is C28H20FN3O5. The van der Waals surface area contributed by atoms with Crippen LogP contribution in [0.2, 0.25) is 0 Å². The molecule has 9 heteroatoms. The summed E-state index contributed by atoms with van der Waals surface area (Å²) >= 11 is 0. The molecule has 3 heterocycles. The third kappa shape index (κ3) is 3.31. The molecule has 3 aromatic carbocycles. The molecule has 2 saturated heterocycles. The zero-order chi connectivity index (χ0) is 25.8. The molecule has 3 aliphatic rings. The molecule has 2 amide bonds. The topological polar surface area (TPSA) is 96.3 Å². The van der Waals surface area contributed by atoms with Crippen LogP contribution in [0.4, 0.5) is 10.1 Å². The number of esters is 1. The van der Waals surface area contributed by atoms with Crippen molar-refractivity contribution in [2.24, 2.45) is 16.9 Å². The molecule has 184 valence electrons. The number of carbonyl (C=O) groups excluding carboxylic acids is 4. The number of Topliss-reactive ketones (excluding diaryl/α,β-unsaturated/α-hetero) is 1. The lowest BCUT2D eigenvalue weighted by Gasteiger charge is -2.34. The average molecular weight is 497 g/mol. The first kappa shape index (κ1) is 22.8. The summed E-state index contributed by atoms with van der Waals surface area (Å²) in [7, 11) is 1.22. The van der Waals surface area contributed by atoms with Crippen LogP contribution in [0.25, 0.3) is 0 Å². The largest absolute Gasteiger partial charge is 0.465 e. The number of ether oxygens (including phenoxy) is 1. The Balaban J connectivity index is 1.50. The molecule has 3 aliphatic heterocycles. The van der Waals surface area contributed by atoms with E-state index in [1.807, 2.05) is 24.3 Å². The van der Waals surface area contributed by atoms with E-state index < -0.39 is 53.3 Å². The first-order chi connectivity index (χ1) is 17.9. The third-order valence-electron chi connectivity index (χ3n) is 7.24. The molecule has 0 N–H and O–H groups in total. The number of fused-ring (bicyclic) bond motifs is 5. The fourth-order valence-electron chi connectivity index (χ4n) is 5.64. The van der Waals surface area contributed by atoms with Gasteiger partial charge in [0.2, 0.25) is 11.8 Å². The Morgan fingerprint density at radius 2 is 1.57 bits per heavy atom. The summed E-state index contributed by atoms with van der Waals surface area (Å²) in [6.07, 6.45) is 1.61. The SMILES string of the molecule is COC(=O)c1ccccc1N1C(=O)[C@@H]2[C@H](C1=O)[C@H](C(=O)c1ccc(F)cc1)N1N=Cc3ccccc3[C@H]21. The predicted octanol–water partition coefficient (Wildman–Crippen LogP) is 3.37. The minimum absolute atomic E-state index is 0.0620. The number of anilines is 1. The lowest BCUT2D eigenvalue weighted by molar-refractivity contribution is -0.124. The summed E-state index contributed by atoms with van der Waals surface area (Å²) in [6.45, 7) is 0. The van der Waals surface area contributed by atoms with Crippen LogP contribution in [0.5, 0.6) is 0 Å². The van der Waals surface area contributed by atoms with E-state index in [4.69, 9.17) is 4.74 Å². The normalized spacial score (nSPS) is 23.5. The van der Waals surface area contributed by atoms with Gasteiger partial charge in [-0.15, -0.1) is 0 Å². The van der Waals surface area contributed by atoms with Crippen LogP contribution in [0.3, 0.4) is 0 Å². The van der Waals surface area contributed by atoms with Gasteiger partial charge in [0.05, 0.1) is 42.5 Å². The summed E-state index contributed by atoms with van der Waals surface area (Å²) < 4.78 is 18.4. The van der Waals surface area contributed by atoms with Gasteiger partial charge < -0.3 is 4.74 Å². The minimum Gasteiger partial charge on any atom is -0.465 e. The molecule has 0 aromatic heterocycles. The number of amides is 2. The molecule has 8 nitrogen and oxygen atoms in total. The standard InChI is InChI=1S/C28H20FN3O5/c1-37-28(36)19-8-4-5-9-20(19)31-26(34)21-22(27(31)35)24(25(33)15-10-12-17(29)13-11-15)32-23(21)18-7-3-2-6-16(18)14-30-32/h2-14,21-24H,1H3/t21-,22+,23-,24-/m1/s1. The van der Waals surface area contributed by atoms with E-state index in [0.29, 0.717) is 0 Å². The van der Waals surface area contributed by atoms with Gasteiger partial charge in [0, 0.05) is 5.56 Å². The molecule has 2 fully saturated rings. The molecule has 0 spiro atoms. The molecule has 0 aliphatic carbocycles. The molecule has 4 atom stereocenters. The van der Waals surface area contributed by atoms with Crippen LogP contribution >= 0.6 is 0 Å². The first-order valence-corrected chi connectivity index (χ1v) is 11.7. The van der Waals surface area contributed by atoms with E-state index >= 15 is 0 Å². The van der Waals surface area contributed by atoms with Gasteiger partial charge in [-0.1, -0.05) is 36.4 Å². The van der Waals surface area contributed by atoms with Crippen LogP contribution in [-0.2, 0) is 14.3 Å². The Morgan fingerprint density at radius 1 is 0.892 bits per heavy atom. The number of hydrogen-bond acceptors (Lipinski definition) is 7. The van der Waals surface area contributed by atoms with Crippen molar-refractivity contribution in [1.29, 1.82) is 0 Å². The highest BCUT2D eigenvalue weighted by molar-refractivity contribution is 6.26. The smallest absolute Gasteiger partial charge is 0.339 e. The Bertz CT molecular complexity index is 1500. The van der Waals surface area contributed by atoms with Crippen molar-refractivity contribution in [2.45, 2.75) is 12.1 Å². The number of ketones is 1. The van der Waals surface area contributed by atoms with E-state index in [1.165, 1.54) is 48.5 Å². The molecule has 0 unspecified atom stereocenters. The number of rotatable bonds is 4. The van der Waals surface area contributed by atoms with Gasteiger partial charge in [-0.25, -0.2) is 14.1 Å². The molecule has 6 rings (SSSR count). The van der Waals surface area contributed by atoms with E-state index in [0.717, 1.165) is 16.0 Å². The fourth-order valence-corrected chi connectivity index (χ4v) is 5.64. The Hall–Kier alpha value is -4.66. The molecule has 3 aromatic rings. The maximum atomic E-state index is 14.0. The van der Waals surface area contributed by atoms with Crippen molar-refractivity contribution in [3.63, 3.8) is 0 Å². The van der Waals surface area contributed by atoms with Crippen LogP contribution in [0.1, 0.15) is 37.9 Å². The van der Waals surface area contributed by atoms with E-state index in [9.17, 15) is 23.6 Å². The number of benzene rings is 3. The molecule has 0 saturated carbocycles. The lowest BCUT2D eigenvalue weighted by Crippen LogP contribution is -2.45. The number of hydrazone groups is 1. The second-order valence-electron chi connectivity index (χ2n) is 9.09. The molecule has 0 radical (unpaired) electrons. The number of imide groups is 1. The Kier molecular flexibility index (Phi) is 5.22. The van der Waals surface area contributed by atoms with Crippen molar-refractivity contribution in [3.8, 4) is 0 Å². The van der Waals surface area contributed by atoms with Crippen molar-refractivity contribution < 1.29 is 28.3 Å². The fraction of sp³-hybridized carbons (Fsp3) is 0.179. The predicted molar refractivity (Wildman–Crippen MR) is 130 cm³/mol. The van der Waals surface area contributed by atoms with Crippen molar-refractivity contribution in [1.82, 2.24) is 5.01 Å². The quantitative estimate of drug-likeness (QED) is 0.312. The van der Waals surface area contributed by atoms with E-state index in [1.54, 1.807) is 18.3 Å². The van der Waals surface area contributed by atoms with Crippen molar-refractivity contribution in [2.75, 3.05) is 12.0 Å². The van der Waals surface area contributed by atoms with Gasteiger partial charge in [-0.3, -0.25) is 19.4 Å². The van der Waals surface area contributed by atoms with Gasteiger partial charge in [0.25, 0.3) is 0 Å². The lowest BCUT2D eigenvalue weighted by atomic mass is 9.83. The van der Waals surface area contributed by atoms with Gasteiger partial charge >= 0.3 is 5.97 Å². The number of nitrogens with zero attached hydrogens (tertiary/aromatic N) is 3. The number of para-hydroxylation sites is 1. The average Bonchev–Trinajstić information content (AvgIpc) is 3.40. The van der Waals surface area contributed by atoms with E-state index in [-0.39, 0.29) is 16.8 Å². The number of hydrogen-bond donors (Lipinski definition) is 0. The zero-order valence-corrected chi connectivity index (χ0v) is 19.6. The number of halogens is 1. The first-order valence-electron chi connectivity index (χ1n) is 11.7. The van der Waals surface area contributed by atoms with Crippen LogP contribution < -0.4 is 4.90 Å². The second kappa shape index (κ2) is 8.48. The number of carbonyl (C=O) groups is 4. The summed E-state index contributed by atoms with van der Waals surface area (Å²) in [6, 6.07) is 16.9. The van der Waals surface area contributed by atoms with Crippen LogP contribution in [0.15, 0.2) is 77.9 Å². The monoisotopic (exact) mass is 497 g/mol. The maximum Gasteiger partial charge on any atom is 0.339 e. The second-order valence-corrected chi connectivity index (χ2v) is 9.09. The highest BCUT2D eigenvalue weighted by Crippen LogP contribution is 2.53. The third-order valence-corrected chi connectivity index (χ3v) is 7.24. The van der Waals surface area contributed by atoms with Crippen molar-refractivity contribution in [3.05, 3.63) is 101 Å². The van der Waals surface area contributed by atoms with Gasteiger partial charge in [0.15, 0.2) is 5.78 Å². The van der Waals surface area contributed by atoms with Crippen molar-refractivity contribution >= 4 is 35.5 Å². The van der Waals surface area contributed by atoms with Gasteiger partial charge in [-0.2, -0.15) is 5.10 Å². The van der Waals surface area contributed by atoms with Crippen LogP contribution in [-0.4, -0.2) is 47.9 Å². The molecule has 0 bridgehead atoms. The summed E-state index contributed by atoms with van der Waals surface area (Å²) in [5, 5.41) is 6.03. The Labute approximate surface area is 210 Å². The van der Waals surface area contributed by atoms with E-state index in [2.05, 4.69) is 5.10 Å².